The SMILES string of the molecule is O=C(Nc1ccc2c(c1)OCCO2)N1CC(NC2CCC2)C1. The first-order valence-electron chi connectivity index (χ1n) is 7.99. The van der Waals surface area contributed by atoms with E-state index in [-0.39, 0.29) is 6.03 Å². The number of likely N-dealkylation sites (tertiary alicyclic amines) is 1. The zero-order valence-corrected chi connectivity index (χ0v) is 12.5. The van der Waals surface area contributed by atoms with Gasteiger partial charge >= 0.3 is 6.03 Å². The molecule has 0 unspecified atom stereocenters. The van der Waals surface area contributed by atoms with E-state index in [0.717, 1.165) is 24.5 Å². The summed E-state index contributed by atoms with van der Waals surface area (Å²) in [5.41, 5.74) is 0.740. The molecular formula is C16H21N3O3. The van der Waals surface area contributed by atoms with Crippen LogP contribution in [0.5, 0.6) is 11.5 Å². The lowest BCUT2D eigenvalue weighted by atomic mass is 9.91. The van der Waals surface area contributed by atoms with E-state index in [1.165, 1.54) is 19.3 Å². The largest absolute Gasteiger partial charge is 0.486 e. The van der Waals surface area contributed by atoms with Crippen molar-refractivity contribution in [2.75, 3.05) is 31.6 Å². The molecule has 118 valence electrons. The number of carbonyl (C=O) groups is 1. The zero-order valence-electron chi connectivity index (χ0n) is 12.5. The third-order valence-electron chi connectivity index (χ3n) is 4.54. The molecule has 0 aromatic heterocycles. The molecule has 6 heteroatoms. The van der Waals surface area contributed by atoms with Gasteiger partial charge < -0.3 is 25.0 Å². The predicted octanol–water partition coefficient (Wildman–Crippen LogP) is 1.82. The van der Waals surface area contributed by atoms with Crippen molar-refractivity contribution in [3.8, 4) is 11.5 Å². The Balaban J connectivity index is 1.29. The van der Waals surface area contributed by atoms with Crippen molar-refractivity contribution < 1.29 is 14.3 Å². The lowest BCUT2D eigenvalue weighted by molar-refractivity contribution is 0.132. The van der Waals surface area contributed by atoms with E-state index in [1.807, 2.05) is 23.1 Å². The van der Waals surface area contributed by atoms with Crippen LogP contribution in [0.4, 0.5) is 10.5 Å². The molecule has 0 atom stereocenters. The number of nitrogens with one attached hydrogen (secondary N) is 2. The van der Waals surface area contributed by atoms with Crippen molar-refractivity contribution in [2.24, 2.45) is 0 Å². The van der Waals surface area contributed by atoms with E-state index in [2.05, 4.69) is 10.6 Å². The number of ether oxygens (including phenoxy) is 2. The summed E-state index contributed by atoms with van der Waals surface area (Å²) in [6.07, 6.45) is 3.89. The molecule has 1 aromatic carbocycles. The Morgan fingerprint density at radius 3 is 2.59 bits per heavy atom. The quantitative estimate of drug-likeness (QED) is 0.894. The van der Waals surface area contributed by atoms with Gasteiger partial charge in [-0.3, -0.25) is 0 Å². The molecule has 2 N–H and O–H groups in total. The average Bonchev–Trinajstić information content (AvgIpc) is 2.43. The number of rotatable bonds is 3. The first kappa shape index (κ1) is 13.7. The van der Waals surface area contributed by atoms with Gasteiger partial charge in [-0.25, -0.2) is 4.79 Å². The van der Waals surface area contributed by atoms with Crippen LogP contribution in [-0.4, -0.2) is 49.3 Å². The van der Waals surface area contributed by atoms with Crippen LogP contribution in [0.2, 0.25) is 0 Å². The van der Waals surface area contributed by atoms with E-state index in [0.29, 0.717) is 31.0 Å². The Kier molecular flexibility index (Phi) is 3.54. The molecule has 0 spiro atoms. The number of urea groups is 1. The molecule has 2 heterocycles. The number of fused-ring (bicyclic) bond motifs is 1. The average molecular weight is 303 g/mol. The molecule has 3 aliphatic rings. The maximum Gasteiger partial charge on any atom is 0.321 e. The van der Waals surface area contributed by atoms with E-state index < -0.39 is 0 Å². The van der Waals surface area contributed by atoms with Gasteiger partial charge in [0.2, 0.25) is 0 Å². The molecule has 2 amide bonds. The number of nitrogens with zero attached hydrogens (tertiary/aromatic N) is 1. The maximum absolute atomic E-state index is 12.2. The summed E-state index contributed by atoms with van der Waals surface area (Å²) in [4.78, 5) is 14.0. The van der Waals surface area contributed by atoms with Crippen molar-refractivity contribution >= 4 is 11.7 Å². The molecule has 1 saturated carbocycles. The first-order chi connectivity index (χ1) is 10.8. The number of hydrogen-bond donors (Lipinski definition) is 2. The topological polar surface area (TPSA) is 62.8 Å². The van der Waals surface area contributed by atoms with Gasteiger partial charge in [0.25, 0.3) is 0 Å². The molecule has 2 fully saturated rings. The fourth-order valence-electron chi connectivity index (χ4n) is 2.98. The number of anilines is 1. The molecule has 6 nitrogen and oxygen atoms in total. The van der Waals surface area contributed by atoms with Crippen LogP contribution in [-0.2, 0) is 0 Å². The van der Waals surface area contributed by atoms with E-state index >= 15 is 0 Å². The van der Waals surface area contributed by atoms with Gasteiger partial charge in [0.05, 0.1) is 0 Å². The molecule has 0 bridgehead atoms. The van der Waals surface area contributed by atoms with E-state index in [1.54, 1.807) is 0 Å². The Morgan fingerprint density at radius 2 is 1.86 bits per heavy atom. The van der Waals surface area contributed by atoms with Gasteiger partial charge in [0, 0.05) is 36.9 Å². The lowest BCUT2D eigenvalue weighted by Crippen LogP contribution is -2.63. The fourth-order valence-corrected chi connectivity index (χ4v) is 2.98. The monoisotopic (exact) mass is 303 g/mol. The summed E-state index contributed by atoms with van der Waals surface area (Å²) in [5.74, 6) is 1.43. The summed E-state index contributed by atoms with van der Waals surface area (Å²) in [7, 11) is 0. The fraction of sp³-hybridized carbons (Fsp3) is 0.562. The summed E-state index contributed by atoms with van der Waals surface area (Å²) in [6.45, 7) is 2.69. The van der Waals surface area contributed by atoms with Crippen LogP contribution in [0.15, 0.2) is 18.2 Å². The summed E-state index contributed by atoms with van der Waals surface area (Å²) < 4.78 is 11.0. The molecule has 0 radical (unpaired) electrons. The highest BCUT2D eigenvalue weighted by Gasteiger charge is 2.33. The van der Waals surface area contributed by atoms with E-state index in [4.69, 9.17) is 9.47 Å². The van der Waals surface area contributed by atoms with Crippen LogP contribution < -0.4 is 20.1 Å². The van der Waals surface area contributed by atoms with Crippen LogP contribution in [0.1, 0.15) is 19.3 Å². The minimum Gasteiger partial charge on any atom is -0.486 e. The van der Waals surface area contributed by atoms with Crippen LogP contribution in [0.25, 0.3) is 0 Å². The lowest BCUT2D eigenvalue weighted by Gasteiger charge is -2.43. The predicted molar refractivity (Wildman–Crippen MR) is 82.6 cm³/mol. The van der Waals surface area contributed by atoms with Crippen molar-refractivity contribution in [1.82, 2.24) is 10.2 Å². The summed E-state index contributed by atoms with van der Waals surface area (Å²) in [5, 5.41) is 6.50. The Hall–Kier alpha value is -1.95. The van der Waals surface area contributed by atoms with Gasteiger partial charge in [-0.15, -0.1) is 0 Å². The van der Waals surface area contributed by atoms with Crippen molar-refractivity contribution in [3.63, 3.8) is 0 Å². The highest BCUT2D eigenvalue weighted by Crippen LogP contribution is 2.32. The Morgan fingerprint density at radius 1 is 1.09 bits per heavy atom. The van der Waals surface area contributed by atoms with Crippen LogP contribution in [0.3, 0.4) is 0 Å². The van der Waals surface area contributed by atoms with Gasteiger partial charge in [-0.2, -0.15) is 0 Å². The molecule has 1 aromatic rings. The Labute approximate surface area is 129 Å². The second-order valence-electron chi connectivity index (χ2n) is 6.18. The van der Waals surface area contributed by atoms with E-state index in [9.17, 15) is 4.79 Å². The number of carbonyl (C=O) groups excluding carboxylic acids is 1. The van der Waals surface area contributed by atoms with Crippen LogP contribution in [0, 0.1) is 0 Å². The van der Waals surface area contributed by atoms with Crippen molar-refractivity contribution in [3.05, 3.63) is 18.2 Å². The van der Waals surface area contributed by atoms with Crippen molar-refractivity contribution in [2.45, 2.75) is 31.3 Å². The number of benzene rings is 1. The highest BCUT2D eigenvalue weighted by molar-refractivity contribution is 5.90. The molecule has 1 aliphatic carbocycles. The minimum absolute atomic E-state index is 0.0525. The van der Waals surface area contributed by atoms with Gasteiger partial charge in [-0.1, -0.05) is 6.42 Å². The van der Waals surface area contributed by atoms with Gasteiger partial charge in [0.1, 0.15) is 13.2 Å². The second kappa shape index (κ2) is 5.68. The molecule has 2 aliphatic heterocycles. The standard InChI is InChI=1S/C16H21N3O3/c20-16(19-9-13(10-19)17-11-2-1-3-11)18-12-4-5-14-15(8-12)22-7-6-21-14/h4-5,8,11,13,17H,1-3,6-7,9-10H2,(H,18,20). The first-order valence-corrected chi connectivity index (χ1v) is 7.99. The molecule has 22 heavy (non-hydrogen) atoms. The highest BCUT2D eigenvalue weighted by atomic mass is 16.6. The van der Waals surface area contributed by atoms with Gasteiger partial charge in [0.15, 0.2) is 11.5 Å². The second-order valence-corrected chi connectivity index (χ2v) is 6.18. The summed E-state index contributed by atoms with van der Waals surface area (Å²) >= 11 is 0. The van der Waals surface area contributed by atoms with Gasteiger partial charge in [-0.05, 0) is 25.0 Å². The van der Waals surface area contributed by atoms with Crippen molar-refractivity contribution in [1.29, 1.82) is 0 Å². The van der Waals surface area contributed by atoms with Crippen LogP contribution >= 0.6 is 0 Å². The molecular weight excluding hydrogens is 282 g/mol. The smallest absolute Gasteiger partial charge is 0.321 e. The normalized spacial score (nSPS) is 21.0. The molecule has 1 saturated heterocycles. The zero-order chi connectivity index (χ0) is 14.9. The number of amides is 2. The maximum atomic E-state index is 12.2. The molecule has 4 rings (SSSR count). The summed E-state index contributed by atoms with van der Waals surface area (Å²) in [6, 6.07) is 6.57. The minimum atomic E-state index is -0.0525. The Bertz CT molecular complexity index is 568. The number of hydrogen-bond acceptors (Lipinski definition) is 4. The third kappa shape index (κ3) is 2.70. The third-order valence-corrected chi connectivity index (χ3v) is 4.54.